The second-order valence-electron chi connectivity index (χ2n) is 4.96. The molecular weight excluding hydrogens is 224 g/mol. The third-order valence-corrected chi connectivity index (χ3v) is 3.53. The number of hydrogen-bond donors (Lipinski definition) is 1. The van der Waals surface area contributed by atoms with Crippen LogP contribution in [-0.2, 0) is 11.3 Å². The Morgan fingerprint density at radius 1 is 1.17 bits per heavy atom. The lowest BCUT2D eigenvalue weighted by Crippen LogP contribution is -2.02. The van der Waals surface area contributed by atoms with Gasteiger partial charge in [-0.25, -0.2) is 0 Å². The maximum Gasteiger partial charge on any atom is 0.100 e. The zero-order valence-electron chi connectivity index (χ0n) is 11.1. The largest absolute Gasteiger partial charge is 0.384 e. The van der Waals surface area contributed by atoms with Gasteiger partial charge in [0.05, 0.1) is 6.61 Å². The second kappa shape index (κ2) is 6.72. The van der Waals surface area contributed by atoms with E-state index < -0.39 is 6.10 Å². The first kappa shape index (κ1) is 13.3. The Bertz CT molecular complexity index is 392. The van der Waals surface area contributed by atoms with Crippen molar-refractivity contribution in [2.45, 2.75) is 44.8 Å². The minimum atomic E-state index is -0.431. The normalized spacial score (nSPS) is 18.0. The molecule has 1 aromatic carbocycles. The summed E-state index contributed by atoms with van der Waals surface area (Å²) in [7, 11) is 1.69. The summed E-state index contributed by atoms with van der Waals surface area (Å²) >= 11 is 0. The van der Waals surface area contributed by atoms with E-state index in [4.69, 9.17) is 4.74 Å². The van der Waals surface area contributed by atoms with E-state index in [0.29, 0.717) is 6.61 Å². The molecular formula is C16H22O2. The molecule has 1 aliphatic carbocycles. The van der Waals surface area contributed by atoms with Gasteiger partial charge in [-0.05, 0) is 42.4 Å². The molecule has 0 spiro atoms. The lowest BCUT2D eigenvalue weighted by Gasteiger charge is -2.15. The summed E-state index contributed by atoms with van der Waals surface area (Å²) in [6.07, 6.45) is 7.66. The number of aliphatic hydroxyl groups excluding tert-OH is 1. The van der Waals surface area contributed by atoms with Crippen molar-refractivity contribution in [1.82, 2.24) is 0 Å². The molecule has 0 saturated heterocycles. The molecule has 0 heterocycles. The Morgan fingerprint density at radius 3 is 2.67 bits per heavy atom. The standard InChI is InChI=1S/C16H22O2/c1-18-12-13-8-10-15(11-9-13)16(17)14-6-4-2-3-5-7-14/h6,8-11,16-17H,2-5,7,12H2,1H3. The smallest absolute Gasteiger partial charge is 0.100 e. The molecule has 0 fully saturated rings. The number of rotatable bonds is 4. The lowest BCUT2D eigenvalue weighted by molar-refractivity contribution is 0.184. The van der Waals surface area contributed by atoms with Gasteiger partial charge < -0.3 is 9.84 Å². The van der Waals surface area contributed by atoms with E-state index in [9.17, 15) is 5.11 Å². The van der Waals surface area contributed by atoms with Gasteiger partial charge >= 0.3 is 0 Å². The van der Waals surface area contributed by atoms with Crippen molar-refractivity contribution in [3.8, 4) is 0 Å². The number of allylic oxidation sites excluding steroid dienone is 1. The van der Waals surface area contributed by atoms with Crippen LogP contribution in [0.15, 0.2) is 35.9 Å². The van der Waals surface area contributed by atoms with Crippen molar-refractivity contribution in [2.24, 2.45) is 0 Å². The van der Waals surface area contributed by atoms with Crippen LogP contribution in [0.2, 0.25) is 0 Å². The van der Waals surface area contributed by atoms with Gasteiger partial charge in [0, 0.05) is 7.11 Å². The van der Waals surface area contributed by atoms with Crippen LogP contribution in [0.25, 0.3) is 0 Å². The van der Waals surface area contributed by atoms with Crippen LogP contribution in [0, 0.1) is 0 Å². The van der Waals surface area contributed by atoms with E-state index in [0.717, 1.165) is 24.0 Å². The van der Waals surface area contributed by atoms with E-state index in [1.165, 1.54) is 24.8 Å². The van der Waals surface area contributed by atoms with Crippen molar-refractivity contribution in [3.05, 3.63) is 47.0 Å². The Hall–Kier alpha value is -1.12. The highest BCUT2D eigenvalue weighted by Gasteiger charge is 2.14. The van der Waals surface area contributed by atoms with Crippen LogP contribution in [0.5, 0.6) is 0 Å². The molecule has 1 unspecified atom stereocenters. The summed E-state index contributed by atoms with van der Waals surface area (Å²) in [5.41, 5.74) is 3.32. The van der Waals surface area contributed by atoms with E-state index in [-0.39, 0.29) is 0 Å². The van der Waals surface area contributed by atoms with Crippen molar-refractivity contribution in [1.29, 1.82) is 0 Å². The third kappa shape index (κ3) is 3.44. The topological polar surface area (TPSA) is 29.5 Å². The molecule has 0 radical (unpaired) electrons. The molecule has 0 aliphatic heterocycles. The van der Waals surface area contributed by atoms with Crippen LogP contribution >= 0.6 is 0 Å². The average molecular weight is 246 g/mol. The van der Waals surface area contributed by atoms with Crippen molar-refractivity contribution >= 4 is 0 Å². The van der Waals surface area contributed by atoms with Crippen LogP contribution < -0.4 is 0 Å². The highest BCUT2D eigenvalue weighted by atomic mass is 16.5. The molecule has 18 heavy (non-hydrogen) atoms. The zero-order chi connectivity index (χ0) is 12.8. The van der Waals surface area contributed by atoms with Crippen LogP contribution in [-0.4, -0.2) is 12.2 Å². The predicted molar refractivity (Wildman–Crippen MR) is 73.3 cm³/mol. The van der Waals surface area contributed by atoms with Crippen LogP contribution in [0.4, 0.5) is 0 Å². The first-order chi connectivity index (χ1) is 8.81. The number of aliphatic hydroxyl groups is 1. The van der Waals surface area contributed by atoms with E-state index in [1.807, 2.05) is 24.3 Å². The SMILES string of the molecule is COCc1ccc(C(O)C2=CCCCCC2)cc1. The molecule has 1 aliphatic rings. The Balaban J connectivity index is 2.07. The zero-order valence-corrected chi connectivity index (χ0v) is 11.1. The summed E-state index contributed by atoms with van der Waals surface area (Å²) in [6, 6.07) is 8.06. The lowest BCUT2D eigenvalue weighted by atomic mass is 9.97. The maximum absolute atomic E-state index is 10.4. The molecule has 98 valence electrons. The molecule has 0 amide bonds. The summed E-state index contributed by atoms with van der Waals surface area (Å²) in [4.78, 5) is 0. The van der Waals surface area contributed by atoms with Gasteiger partial charge in [0.15, 0.2) is 0 Å². The Labute approximate surface area is 109 Å². The second-order valence-corrected chi connectivity index (χ2v) is 4.96. The quantitative estimate of drug-likeness (QED) is 0.820. The monoisotopic (exact) mass is 246 g/mol. The minimum absolute atomic E-state index is 0.431. The fourth-order valence-corrected chi connectivity index (χ4v) is 2.47. The maximum atomic E-state index is 10.4. The number of benzene rings is 1. The molecule has 0 bridgehead atoms. The van der Waals surface area contributed by atoms with E-state index in [2.05, 4.69) is 6.08 Å². The summed E-state index contributed by atoms with van der Waals surface area (Å²) in [6.45, 7) is 0.624. The van der Waals surface area contributed by atoms with Crippen molar-refractivity contribution in [3.63, 3.8) is 0 Å². The Morgan fingerprint density at radius 2 is 1.94 bits per heavy atom. The highest BCUT2D eigenvalue weighted by Crippen LogP contribution is 2.29. The van der Waals surface area contributed by atoms with Crippen LogP contribution in [0.3, 0.4) is 0 Å². The first-order valence-electron chi connectivity index (χ1n) is 6.76. The minimum Gasteiger partial charge on any atom is -0.384 e. The van der Waals surface area contributed by atoms with Gasteiger partial charge in [0.1, 0.15) is 6.10 Å². The van der Waals surface area contributed by atoms with Gasteiger partial charge in [-0.3, -0.25) is 0 Å². The molecule has 1 aromatic rings. The van der Waals surface area contributed by atoms with Crippen molar-refractivity contribution in [2.75, 3.05) is 7.11 Å². The highest BCUT2D eigenvalue weighted by molar-refractivity contribution is 5.29. The molecule has 2 nitrogen and oxygen atoms in total. The number of methoxy groups -OCH3 is 1. The van der Waals surface area contributed by atoms with Gasteiger partial charge in [0.25, 0.3) is 0 Å². The molecule has 1 N–H and O–H groups in total. The van der Waals surface area contributed by atoms with Gasteiger partial charge in [-0.1, -0.05) is 36.8 Å². The number of ether oxygens (including phenoxy) is 1. The number of hydrogen-bond acceptors (Lipinski definition) is 2. The average Bonchev–Trinajstić information content (AvgIpc) is 2.68. The van der Waals surface area contributed by atoms with Crippen molar-refractivity contribution < 1.29 is 9.84 Å². The predicted octanol–water partition coefficient (Wildman–Crippen LogP) is 3.76. The molecule has 0 aromatic heterocycles. The first-order valence-corrected chi connectivity index (χ1v) is 6.76. The summed E-state index contributed by atoms with van der Waals surface area (Å²) in [5, 5.41) is 10.4. The van der Waals surface area contributed by atoms with Gasteiger partial charge in [-0.15, -0.1) is 0 Å². The summed E-state index contributed by atoms with van der Waals surface area (Å²) < 4.78 is 5.09. The van der Waals surface area contributed by atoms with Gasteiger partial charge in [-0.2, -0.15) is 0 Å². The van der Waals surface area contributed by atoms with Gasteiger partial charge in [0.2, 0.25) is 0 Å². The van der Waals surface area contributed by atoms with E-state index in [1.54, 1.807) is 7.11 Å². The molecule has 1 atom stereocenters. The fourth-order valence-electron chi connectivity index (χ4n) is 2.47. The van der Waals surface area contributed by atoms with Crippen LogP contribution in [0.1, 0.15) is 49.3 Å². The Kier molecular flexibility index (Phi) is 4.97. The third-order valence-electron chi connectivity index (χ3n) is 3.53. The molecule has 0 saturated carbocycles. The molecule has 2 heteroatoms. The van der Waals surface area contributed by atoms with E-state index >= 15 is 0 Å². The fraction of sp³-hybridized carbons (Fsp3) is 0.500. The summed E-state index contributed by atoms with van der Waals surface area (Å²) in [5.74, 6) is 0. The molecule has 2 rings (SSSR count).